The third-order valence-electron chi connectivity index (χ3n) is 5.68. The second kappa shape index (κ2) is 7.99. The van der Waals surface area contributed by atoms with E-state index in [-0.39, 0.29) is 17.7 Å². The first kappa shape index (κ1) is 18.7. The first-order chi connectivity index (χ1) is 11.4. The summed E-state index contributed by atoms with van der Waals surface area (Å²) in [6.45, 7) is 5.18. The molecule has 6 heteroatoms. The molecule has 2 fully saturated rings. The van der Waals surface area contributed by atoms with Gasteiger partial charge in [-0.3, -0.25) is 14.4 Å². The molecule has 0 aromatic carbocycles. The standard InChI is InChI=1S/C18H30N2O4/c1-3-20(4-2)17(24)18(10-6-5-7-11-18)19-15(21)13-8-9-14(12-13)16(22)23/h13-14H,3-12H2,1-2H3,(H,19,21)(H,22,23)/t13-,14+/m1/s1. The Morgan fingerprint density at radius 2 is 1.62 bits per heavy atom. The van der Waals surface area contributed by atoms with Crippen LogP contribution in [0.5, 0.6) is 0 Å². The summed E-state index contributed by atoms with van der Waals surface area (Å²) in [6, 6.07) is 0. The monoisotopic (exact) mass is 338 g/mol. The average molecular weight is 338 g/mol. The van der Waals surface area contributed by atoms with Crippen LogP contribution in [0.15, 0.2) is 0 Å². The third kappa shape index (κ3) is 3.90. The van der Waals surface area contributed by atoms with Gasteiger partial charge in [0.15, 0.2) is 0 Å². The number of carbonyl (C=O) groups is 3. The van der Waals surface area contributed by atoms with Gasteiger partial charge in [0, 0.05) is 19.0 Å². The normalized spacial score (nSPS) is 25.9. The fraction of sp³-hybridized carbons (Fsp3) is 0.833. The van der Waals surface area contributed by atoms with E-state index in [4.69, 9.17) is 5.11 Å². The summed E-state index contributed by atoms with van der Waals surface area (Å²) in [4.78, 5) is 38.6. The molecular weight excluding hydrogens is 308 g/mol. The maximum Gasteiger partial charge on any atom is 0.306 e. The SMILES string of the molecule is CCN(CC)C(=O)C1(NC(=O)[C@@H]2CC[C@H](C(=O)O)C2)CCCCC1. The van der Waals surface area contributed by atoms with Gasteiger partial charge in [-0.2, -0.15) is 0 Å². The predicted molar refractivity (Wildman–Crippen MR) is 90.4 cm³/mol. The molecule has 2 saturated carbocycles. The number of carboxylic acid groups (broad SMARTS) is 1. The highest BCUT2D eigenvalue weighted by molar-refractivity contribution is 5.92. The number of rotatable bonds is 6. The molecule has 2 N–H and O–H groups in total. The summed E-state index contributed by atoms with van der Waals surface area (Å²) < 4.78 is 0. The van der Waals surface area contributed by atoms with Gasteiger partial charge in [-0.1, -0.05) is 19.3 Å². The van der Waals surface area contributed by atoms with Crippen LogP contribution < -0.4 is 5.32 Å². The first-order valence-corrected chi connectivity index (χ1v) is 9.27. The van der Waals surface area contributed by atoms with Crippen LogP contribution in [-0.4, -0.2) is 46.4 Å². The molecule has 2 rings (SSSR count). The second-order valence-electron chi connectivity index (χ2n) is 7.15. The molecule has 136 valence electrons. The van der Waals surface area contributed by atoms with Crippen LogP contribution >= 0.6 is 0 Å². The van der Waals surface area contributed by atoms with Crippen LogP contribution in [0.1, 0.15) is 65.2 Å². The zero-order chi connectivity index (χ0) is 17.7. The van der Waals surface area contributed by atoms with E-state index in [1.807, 2.05) is 13.8 Å². The highest BCUT2D eigenvalue weighted by atomic mass is 16.4. The lowest BCUT2D eigenvalue weighted by atomic mass is 9.80. The Balaban J connectivity index is 2.10. The van der Waals surface area contributed by atoms with Crippen molar-refractivity contribution in [2.75, 3.05) is 13.1 Å². The lowest BCUT2D eigenvalue weighted by molar-refractivity contribution is -0.144. The third-order valence-corrected chi connectivity index (χ3v) is 5.68. The van der Waals surface area contributed by atoms with Crippen molar-refractivity contribution in [2.24, 2.45) is 11.8 Å². The number of hydrogen-bond donors (Lipinski definition) is 2. The minimum atomic E-state index is -0.822. The highest BCUT2D eigenvalue weighted by Crippen LogP contribution is 2.34. The minimum Gasteiger partial charge on any atom is -0.481 e. The molecule has 2 aliphatic carbocycles. The average Bonchev–Trinajstić information content (AvgIpc) is 3.07. The summed E-state index contributed by atoms with van der Waals surface area (Å²) in [6.07, 6.45) is 5.87. The molecular formula is C18H30N2O4. The Hall–Kier alpha value is -1.59. The van der Waals surface area contributed by atoms with E-state index >= 15 is 0 Å². The van der Waals surface area contributed by atoms with Crippen molar-refractivity contribution < 1.29 is 19.5 Å². The lowest BCUT2D eigenvalue weighted by Crippen LogP contribution is -2.61. The lowest BCUT2D eigenvalue weighted by Gasteiger charge is -2.40. The molecule has 0 aliphatic heterocycles. The van der Waals surface area contributed by atoms with Crippen LogP contribution in [0.25, 0.3) is 0 Å². The van der Waals surface area contributed by atoms with Gasteiger partial charge >= 0.3 is 5.97 Å². The van der Waals surface area contributed by atoms with E-state index in [0.717, 1.165) is 19.3 Å². The molecule has 0 aromatic rings. The Morgan fingerprint density at radius 3 is 2.12 bits per heavy atom. The zero-order valence-corrected chi connectivity index (χ0v) is 14.8. The van der Waals surface area contributed by atoms with Gasteiger partial charge in [-0.25, -0.2) is 0 Å². The predicted octanol–water partition coefficient (Wildman–Crippen LogP) is 2.17. The molecule has 0 heterocycles. The molecule has 0 spiro atoms. The molecule has 0 aromatic heterocycles. The Morgan fingerprint density at radius 1 is 1.04 bits per heavy atom. The number of nitrogens with one attached hydrogen (secondary N) is 1. The fourth-order valence-corrected chi connectivity index (χ4v) is 4.14. The molecule has 2 aliphatic rings. The van der Waals surface area contributed by atoms with Crippen molar-refractivity contribution >= 4 is 17.8 Å². The maximum absolute atomic E-state index is 13.0. The quantitative estimate of drug-likeness (QED) is 0.777. The van der Waals surface area contributed by atoms with E-state index in [2.05, 4.69) is 5.32 Å². The highest BCUT2D eigenvalue weighted by Gasteiger charge is 2.44. The van der Waals surface area contributed by atoms with Crippen molar-refractivity contribution in [2.45, 2.75) is 70.8 Å². The number of carboxylic acids is 1. The first-order valence-electron chi connectivity index (χ1n) is 9.27. The Labute approximate surface area is 144 Å². The molecule has 24 heavy (non-hydrogen) atoms. The number of nitrogens with zero attached hydrogens (tertiary/aromatic N) is 1. The van der Waals surface area contributed by atoms with Gasteiger partial charge < -0.3 is 15.3 Å². The van der Waals surface area contributed by atoms with Crippen molar-refractivity contribution in [3.05, 3.63) is 0 Å². The van der Waals surface area contributed by atoms with E-state index < -0.39 is 17.4 Å². The molecule has 6 nitrogen and oxygen atoms in total. The number of amides is 2. The largest absolute Gasteiger partial charge is 0.481 e. The van der Waals surface area contributed by atoms with E-state index in [0.29, 0.717) is 45.2 Å². The molecule has 2 amide bonds. The topological polar surface area (TPSA) is 86.7 Å². The fourth-order valence-electron chi connectivity index (χ4n) is 4.14. The zero-order valence-electron chi connectivity index (χ0n) is 14.8. The van der Waals surface area contributed by atoms with Gasteiger partial charge in [-0.05, 0) is 46.0 Å². The number of carbonyl (C=O) groups excluding carboxylic acids is 2. The van der Waals surface area contributed by atoms with Crippen molar-refractivity contribution in [1.82, 2.24) is 10.2 Å². The number of aliphatic carboxylic acids is 1. The van der Waals surface area contributed by atoms with Crippen molar-refractivity contribution in [1.29, 1.82) is 0 Å². The van der Waals surface area contributed by atoms with E-state index in [1.165, 1.54) is 0 Å². The summed E-state index contributed by atoms with van der Waals surface area (Å²) in [5.41, 5.74) is -0.789. The summed E-state index contributed by atoms with van der Waals surface area (Å²) >= 11 is 0. The van der Waals surface area contributed by atoms with Crippen LogP contribution in [0, 0.1) is 11.8 Å². The van der Waals surface area contributed by atoms with Gasteiger partial charge in [0.05, 0.1) is 5.92 Å². The van der Waals surface area contributed by atoms with Crippen LogP contribution in [0.2, 0.25) is 0 Å². The van der Waals surface area contributed by atoms with E-state index in [9.17, 15) is 14.4 Å². The molecule has 0 radical (unpaired) electrons. The number of hydrogen-bond acceptors (Lipinski definition) is 3. The summed E-state index contributed by atoms with van der Waals surface area (Å²) in [7, 11) is 0. The molecule has 0 saturated heterocycles. The van der Waals surface area contributed by atoms with Crippen molar-refractivity contribution in [3.63, 3.8) is 0 Å². The Bertz CT molecular complexity index is 481. The molecule has 2 atom stereocenters. The van der Waals surface area contributed by atoms with Gasteiger partial charge in [0.2, 0.25) is 11.8 Å². The van der Waals surface area contributed by atoms with Gasteiger partial charge in [0.1, 0.15) is 5.54 Å². The van der Waals surface area contributed by atoms with Crippen LogP contribution in [0.3, 0.4) is 0 Å². The van der Waals surface area contributed by atoms with Gasteiger partial charge in [0.25, 0.3) is 0 Å². The van der Waals surface area contributed by atoms with Crippen LogP contribution in [0.4, 0.5) is 0 Å². The number of likely N-dealkylation sites (N-methyl/N-ethyl adjacent to an activating group) is 1. The summed E-state index contributed by atoms with van der Waals surface area (Å²) in [5.74, 6) is -1.65. The smallest absolute Gasteiger partial charge is 0.306 e. The molecule has 0 unspecified atom stereocenters. The second-order valence-corrected chi connectivity index (χ2v) is 7.15. The summed E-state index contributed by atoms with van der Waals surface area (Å²) in [5, 5.41) is 12.2. The van der Waals surface area contributed by atoms with Gasteiger partial charge in [-0.15, -0.1) is 0 Å². The minimum absolute atomic E-state index is 0.0216. The van der Waals surface area contributed by atoms with E-state index in [1.54, 1.807) is 4.90 Å². The molecule has 0 bridgehead atoms. The van der Waals surface area contributed by atoms with Crippen LogP contribution in [-0.2, 0) is 14.4 Å². The van der Waals surface area contributed by atoms with Crippen molar-refractivity contribution in [3.8, 4) is 0 Å². The Kier molecular flexibility index (Phi) is 6.24. The maximum atomic E-state index is 13.0.